The van der Waals surface area contributed by atoms with E-state index in [2.05, 4.69) is 14.8 Å². The molecule has 1 rings (SSSR count). The number of ether oxygens (including phenoxy) is 1. The van der Waals surface area contributed by atoms with Gasteiger partial charge in [-0.05, 0) is 30.2 Å². The molecule has 0 aliphatic carbocycles. The lowest BCUT2D eigenvalue weighted by Crippen LogP contribution is -2.10. The molecular weight excluding hydrogens is 251 g/mol. The molecule has 0 N–H and O–H groups in total. The Morgan fingerprint density at radius 3 is 2.50 bits per heavy atom. The summed E-state index contributed by atoms with van der Waals surface area (Å²) in [4.78, 5) is 13.7. The number of carbonyl (C=O) groups excluding carboxylic acids is 1. The van der Waals surface area contributed by atoms with Crippen molar-refractivity contribution in [1.82, 2.24) is 0 Å². The van der Waals surface area contributed by atoms with Gasteiger partial charge < -0.3 is 4.74 Å². The number of aryl methyl sites for hydroxylation is 1. The summed E-state index contributed by atoms with van der Waals surface area (Å²) < 4.78 is 42.3. The van der Waals surface area contributed by atoms with Crippen LogP contribution in [-0.2, 0) is 10.9 Å². The van der Waals surface area contributed by atoms with Crippen LogP contribution in [0.5, 0.6) is 0 Å². The Morgan fingerprint density at radius 2 is 2.06 bits per heavy atom. The van der Waals surface area contributed by atoms with Crippen LogP contribution in [0.2, 0.25) is 0 Å². The molecule has 0 spiro atoms. The Labute approximate surface area is 99.8 Å². The molecule has 96 valence electrons. The highest BCUT2D eigenvalue weighted by atomic mass is 19.4. The zero-order valence-corrected chi connectivity index (χ0v) is 9.45. The number of esters is 1. The summed E-state index contributed by atoms with van der Waals surface area (Å²) in [7, 11) is 1.08. The van der Waals surface area contributed by atoms with Crippen molar-refractivity contribution < 1.29 is 22.7 Å². The number of alkyl halides is 3. The molecular formula is C10H8F3N3O2. The Morgan fingerprint density at radius 1 is 1.44 bits per heavy atom. The highest BCUT2D eigenvalue weighted by molar-refractivity contribution is 5.95. The van der Waals surface area contributed by atoms with Crippen LogP contribution in [0.25, 0.3) is 10.4 Å². The summed E-state index contributed by atoms with van der Waals surface area (Å²) in [5.41, 5.74) is 6.55. The van der Waals surface area contributed by atoms with E-state index in [1.807, 2.05) is 0 Å². The van der Waals surface area contributed by atoms with E-state index in [4.69, 9.17) is 5.53 Å². The molecule has 0 saturated carbocycles. The summed E-state index contributed by atoms with van der Waals surface area (Å²) in [6.45, 7) is 1.20. The van der Waals surface area contributed by atoms with Gasteiger partial charge in [-0.15, -0.1) is 0 Å². The van der Waals surface area contributed by atoms with Crippen molar-refractivity contribution in [2.75, 3.05) is 7.11 Å². The minimum Gasteiger partial charge on any atom is -0.465 e. The monoisotopic (exact) mass is 259 g/mol. The second-order valence-corrected chi connectivity index (χ2v) is 3.36. The van der Waals surface area contributed by atoms with Crippen molar-refractivity contribution in [3.8, 4) is 0 Å². The maximum Gasteiger partial charge on any atom is 0.416 e. The fraction of sp³-hybridized carbons (Fsp3) is 0.300. The number of nitrogens with zero attached hydrogens (tertiary/aromatic N) is 3. The summed E-state index contributed by atoms with van der Waals surface area (Å²) in [5.74, 6) is -0.866. The molecule has 0 amide bonds. The van der Waals surface area contributed by atoms with Crippen molar-refractivity contribution in [3.05, 3.63) is 39.3 Å². The van der Waals surface area contributed by atoms with Gasteiger partial charge in [-0.2, -0.15) is 13.2 Å². The SMILES string of the molecule is COC(=O)c1cc(C)c(C(F)(F)F)cc1N=[N+]=[N-]. The highest BCUT2D eigenvalue weighted by Crippen LogP contribution is 2.36. The number of hydrogen-bond donors (Lipinski definition) is 0. The molecule has 8 heteroatoms. The summed E-state index contributed by atoms with van der Waals surface area (Å²) in [6, 6.07) is 1.61. The highest BCUT2D eigenvalue weighted by Gasteiger charge is 2.33. The van der Waals surface area contributed by atoms with E-state index in [1.54, 1.807) is 0 Å². The summed E-state index contributed by atoms with van der Waals surface area (Å²) >= 11 is 0. The van der Waals surface area contributed by atoms with Gasteiger partial charge in [-0.3, -0.25) is 0 Å². The Hall–Kier alpha value is -2.21. The Balaban J connectivity index is 3.53. The van der Waals surface area contributed by atoms with Gasteiger partial charge in [0, 0.05) is 4.91 Å². The fourth-order valence-corrected chi connectivity index (χ4v) is 1.41. The minimum absolute atomic E-state index is 0.153. The topological polar surface area (TPSA) is 75.1 Å². The average molecular weight is 259 g/mol. The molecule has 0 aromatic heterocycles. The molecule has 0 bridgehead atoms. The summed E-state index contributed by atoms with van der Waals surface area (Å²) in [6.07, 6.45) is -4.58. The average Bonchev–Trinajstić information content (AvgIpc) is 2.28. The lowest BCUT2D eigenvalue weighted by Gasteiger charge is -2.13. The molecule has 5 nitrogen and oxygen atoms in total. The first-order valence-corrected chi connectivity index (χ1v) is 4.66. The maximum absolute atomic E-state index is 12.6. The molecule has 0 fully saturated rings. The molecule has 0 unspecified atom stereocenters. The van der Waals surface area contributed by atoms with Crippen molar-refractivity contribution >= 4 is 11.7 Å². The Bertz CT molecular complexity index is 534. The lowest BCUT2D eigenvalue weighted by atomic mass is 10.0. The van der Waals surface area contributed by atoms with E-state index >= 15 is 0 Å². The largest absolute Gasteiger partial charge is 0.465 e. The quantitative estimate of drug-likeness (QED) is 0.351. The zero-order valence-electron chi connectivity index (χ0n) is 9.45. The van der Waals surface area contributed by atoms with Gasteiger partial charge >= 0.3 is 12.1 Å². The molecule has 18 heavy (non-hydrogen) atoms. The third-order valence-electron chi connectivity index (χ3n) is 2.21. The molecule has 0 aliphatic heterocycles. The molecule has 1 aromatic carbocycles. The normalized spacial score (nSPS) is 10.7. The van der Waals surface area contributed by atoms with Crippen molar-refractivity contribution in [1.29, 1.82) is 0 Å². The van der Waals surface area contributed by atoms with Gasteiger partial charge in [0.15, 0.2) is 0 Å². The predicted molar refractivity (Wildman–Crippen MR) is 56.3 cm³/mol. The van der Waals surface area contributed by atoms with E-state index in [1.165, 1.54) is 6.92 Å². The number of azide groups is 1. The number of carbonyl (C=O) groups is 1. The van der Waals surface area contributed by atoms with Gasteiger partial charge in [0.05, 0.1) is 23.9 Å². The first kappa shape index (κ1) is 13.9. The fourth-order valence-electron chi connectivity index (χ4n) is 1.41. The molecule has 1 aromatic rings. The molecule has 0 aliphatic rings. The number of halogens is 3. The molecule has 0 atom stereocenters. The van der Waals surface area contributed by atoms with Crippen LogP contribution in [0.1, 0.15) is 21.5 Å². The molecule has 0 radical (unpaired) electrons. The Kier molecular flexibility index (Phi) is 3.82. The van der Waals surface area contributed by atoms with Gasteiger partial charge in [-0.25, -0.2) is 4.79 Å². The lowest BCUT2D eigenvalue weighted by molar-refractivity contribution is -0.138. The second kappa shape index (κ2) is 4.97. The summed E-state index contributed by atoms with van der Waals surface area (Å²) in [5, 5.41) is 3.07. The smallest absolute Gasteiger partial charge is 0.416 e. The van der Waals surface area contributed by atoms with E-state index in [0.29, 0.717) is 6.07 Å². The standard InChI is InChI=1S/C10H8F3N3O2/c1-5-3-6(9(17)18-2)8(15-16-14)4-7(5)10(11,12)13/h3-4H,1-2H3. The van der Waals surface area contributed by atoms with Crippen molar-refractivity contribution in [2.45, 2.75) is 13.1 Å². The van der Waals surface area contributed by atoms with Crippen LogP contribution in [0.15, 0.2) is 17.2 Å². The van der Waals surface area contributed by atoms with Crippen molar-refractivity contribution in [2.24, 2.45) is 5.11 Å². The van der Waals surface area contributed by atoms with Crippen LogP contribution in [0, 0.1) is 6.92 Å². The van der Waals surface area contributed by atoms with Crippen LogP contribution < -0.4 is 0 Å². The van der Waals surface area contributed by atoms with Gasteiger partial charge in [0.2, 0.25) is 0 Å². The molecule has 0 heterocycles. The van der Waals surface area contributed by atoms with Gasteiger partial charge in [0.25, 0.3) is 0 Å². The van der Waals surface area contributed by atoms with E-state index < -0.39 is 23.4 Å². The number of benzene rings is 1. The van der Waals surface area contributed by atoms with Crippen LogP contribution in [0.4, 0.5) is 18.9 Å². The first-order valence-electron chi connectivity index (χ1n) is 4.66. The number of hydrogen-bond acceptors (Lipinski definition) is 3. The van der Waals surface area contributed by atoms with Gasteiger partial charge in [0.1, 0.15) is 0 Å². The van der Waals surface area contributed by atoms with Crippen LogP contribution in [-0.4, -0.2) is 13.1 Å². The minimum atomic E-state index is -4.58. The number of methoxy groups -OCH3 is 1. The first-order chi connectivity index (χ1) is 8.31. The van der Waals surface area contributed by atoms with Crippen LogP contribution >= 0.6 is 0 Å². The van der Waals surface area contributed by atoms with E-state index in [0.717, 1.165) is 13.2 Å². The van der Waals surface area contributed by atoms with Crippen LogP contribution in [0.3, 0.4) is 0 Å². The third kappa shape index (κ3) is 2.72. The van der Waals surface area contributed by atoms with E-state index in [-0.39, 0.29) is 11.1 Å². The maximum atomic E-state index is 12.6. The predicted octanol–water partition coefficient (Wildman–Crippen LogP) is 3.74. The molecule has 0 saturated heterocycles. The second-order valence-electron chi connectivity index (χ2n) is 3.36. The number of rotatable bonds is 2. The van der Waals surface area contributed by atoms with E-state index in [9.17, 15) is 18.0 Å². The van der Waals surface area contributed by atoms with Crippen molar-refractivity contribution in [3.63, 3.8) is 0 Å². The third-order valence-corrected chi connectivity index (χ3v) is 2.21. The van der Waals surface area contributed by atoms with Gasteiger partial charge in [-0.1, -0.05) is 5.11 Å². The zero-order chi connectivity index (χ0) is 13.9.